The fourth-order valence-corrected chi connectivity index (χ4v) is 2.91. The molecular weight excluding hydrogens is 274 g/mol. The van der Waals surface area contributed by atoms with Crippen LogP contribution >= 0.6 is 0 Å². The Balaban J connectivity index is 2.09. The van der Waals surface area contributed by atoms with E-state index in [1.165, 1.54) is 0 Å². The molecule has 0 spiro atoms. The Kier molecular flexibility index (Phi) is 4.42. The second-order valence-electron chi connectivity index (χ2n) is 4.49. The van der Waals surface area contributed by atoms with Gasteiger partial charge in [0.1, 0.15) is 5.75 Å². The second kappa shape index (κ2) is 6.07. The zero-order valence-corrected chi connectivity index (χ0v) is 12.3. The highest BCUT2D eigenvalue weighted by molar-refractivity contribution is 7.89. The van der Waals surface area contributed by atoms with Crippen LogP contribution < -0.4 is 9.46 Å². The first kappa shape index (κ1) is 14.6. The van der Waals surface area contributed by atoms with Crippen LogP contribution in [0.25, 0.3) is 0 Å². The van der Waals surface area contributed by atoms with Gasteiger partial charge in [-0.25, -0.2) is 13.1 Å². The van der Waals surface area contributed by atoms with Crippen LogP contribution in [0.3, 0.4) is 0 Å². The summed E-state index contributed by atoms with van der Waals surface area (Å²) >= 11 is 0. The zero-order valence-electron chi connectivity index (χ0n) is 11.5. The van der Waals surface area contributed by atoms with Crippen molar-refractivity contribution in [2.24, 2.45) is 0 Å². The number of hydrogen-bond donors (Lipinski definition) is 1. The maximum atomic E-state index is 12.1. The van der Waals surface area contributed by atoms with E-state index in [9.17, 15) is 8.42 Å². The van der Waals surface area contributed by atoms with Crippen molar-refractivity contribution >= 4 is 10.0 Å². The lowest BCUT2D eigenvalue weighted by atomic mass is 10.2. The number of nitrogens with one attached hydrogen (secondary N) is 1. The average molecular weight is 291 g/mol. The van der Waals surface area contributed by atoms with Crippen LogP contribution in [0.15, 0.2) is 53.4 Å². The minimum Gasteiger partial charge on any atom is -0.497 e. The summed E-state index contributed by atoms with van der Waals surface area (Å²) in [5.74, 6) is 0.746. The van der Waals surface area contributed by atoms with E-state index < -0.39 is 10.0 Å². The molecule has 0 aliphatic heterocycles. The summed E-state index contributed by atoms with van der Waals surface area (Å²) in [4.78, 5) is 0.283. The lowest BCUT2D eigenvalue weighted by molar-refractivity contribution is 0.414. The third kappa shape index (κ3) is 3.59. The molecule has 0 fully saturated rings. The molecule has 0 atom stereocenters. The quantitative estimate of drug-likeness (QED) is 0.920. The fourth-order valence-electron chi connectivity index (χ4n) is 1.79. The van der Waals surface area contributed by atoms with Crippen molar-refractivity contribution in [3.63, 3.8) is 0 Å². The molecule has 0 radical (unpaired) electrons. The van der Waals surface area contributed by atoms with Crippen molar-refractivity contribution in [2.75, 3.05) is 7.11 Å². The number of aryl methyl sites for hydroxylation is 1. The molecule has 0 aromatic heterocycles. The van der Waals surface area contributed by atoms with Crippen LogP contribution in [0.2, 0.25) is 0 Å². The van der Waals surface area contributed by atoms with Crippen molar-refractivity contribution in [1.29, 1.82) is 0 Å². The highest BCUT2D eigenvalue weighted by Crippen LogP contribution is 2.13. The van der Waals surface area contributed by atoms with Gasteiger partial charge in [-0.2, -0.15) is 0 Å². The molecule has 0 amide bonds. The van der Waals surface area contributed by atoms with Gasteiger partial charge in [-0.05, 0) is 42.3 Å². The summed E-state index contributed by atoms with van der Waals surface area (Å²) in [6.45, 7) is 2.11. The van der Waals surface area contributed by atoms with Gasteiger partial charge in [0.25, 0.3) is 0 Å². The van der Waals surface area contributed by atoms with Crippen molar-refractivity contribution in [1.82, 2.24) is 4.72 Å². The minimum absolute atomic E-state index is 0.250. The minimum atomic E-state index is -3.48. The van der Waals surface area contributed by atoms with Crippen molar-refractivity contribution < 1.29 is 13.2 Å². The molecule has 20 heavy (non-hydrogen) atoms. The van der Waals surface area contributed by atoms with Crippen LogP contribution in [-0.4, -0.2) is 15.5 Å². The molecule has 0 bridgehead atoms. The first-order valence-corrected chi connectivity index (χ1v) is 7.69. The summed E-state index contributed by atoms with van der Waals surface area (Å²) in [5.41, 5.74) is 1.79. The predicted molar refractivity (Wildman–Crippen MR) is 78.2 cm³/mol. The van der Waals surface area contributed by atoms with Crippen molar-refractivity contribution in [3.8, 4) is 5.75 Å². The van der Waals surface area contributed by atoms with E-state index in [0.29, 0.717) is 0 Å². The molecule has 2 rings (SSSR count). The van der Waals surface area contributed by atoms with E-state index >= 15 is 0 Å². The Morgan fingerprint density at radius 3 is 2.40 bits per heavy atom. The normalized spacial score (nSPS) is 11.3. The molecule has 5 heteroatoms. The molecule has 2 aromatic carbocycles. The van der Waals surface area contributed by atoms with Gasteiger partial charge in [-0.1, -0.05) is 24.3 Å². The van der Waals surface area contributed by atoms with Crippen LogP contribution in [0, 0.1) is 6.92 Å². The zero-order chi connectivity index (χ0) is 14.6. The summed E-state index contributed by atoms with van der Waals surface area (Å²) in [6, 6.07) is 14.1. The van der Waals surface area contributed by atoms with Gasteiger partial charge in [0, 0.05) is 6.54 Å². The van der Waals surface area contributed by atoms with Crippen LogP contribution in [-0.2, 0) is 16.6 Å². The van der Waals surface area contributed by atoms with Gasteiger partial charge in [0.15, 0.2) is 0 Å². The van der Waals surface area contributed by atoms with Gasteiger partial charge in [0.2, 0.25) is 10.0 Å². The van der Waals surface area contributed by atoms with E-state index in [1.54, 1.807) is 37.4 Å². The molecular formula is C15H17NO3S. The molecule has 4 nitrogen and oxygen atoms in total. The first-order valence-electron chi connectivity index (χ1n) is 6.20. The lowest BCUT2D eigenvalue weighted by Crippen LogP contribution is -2.23. The van der Waals surface area contributed by atoms with E-state index in [0.717, 1.165) is 16.9 Å². The van der Waals surface area contributed by atoms with Crippen molar-refractivity contribution in [3.05, 3.63) is 59.7 Å². The van der Waals surface area contributed by atoms with Crippen LogP contribution in [0.4, 0.5) is 0 Å². The fraction of sp³-hybridized carbons (Fsp3) is 0.200. The molecule has 0 saturated carbocycles. The van der Waals surface area contributed by atoms with Crippen LogP contribution in [0.1, 0.15) is 11.1 Å². The van der Waals surface area contributed by atoms with Crippen molar-refractivity contribution in [2.45, 2.75) is 18.4 Å². The second-order valence-corrected chi connectivity index (χ2v) is 6.26. The third-order valence-corrected chi connectivity index (χ3v) is 4.32. The van der Waals surface area contributed by atoms with Gasteiger partial charge in [-0.15, -0.1) is 0 Å². The standard InChI is InChI=1S/C15H17NO3S/c1-12-4-3-5-15(10-12)20(17,18)16-11-13-6-8-14(19-2)9-7-13/h3-10,16H,11H2,1-2H3. The molecule has 0 saturated heterocycles. The predicted octanol–water partition coefficient (Wildman–Crippen LogP) is 2.48. The summed E-state index contributed by atoms with van der Waals surface area (Å²) < 4.78 is 31.9. The molecule has 106 valence electrons. The Bertz CT molecular complexity index is 679. The topological polar surface area (TPSA) is 55.4 Å². The van der Waals surface area contributed by atoms with E-state index in [1.807, 2.05) is 25.1 Å². The van der Waals surface area contributed by atoms with E-state index in [-0.39, 0.29) is 11.4 Å². The summed E-state index contributed by atoms with van der Waals surface area (Å²) in [5, 5.41) is 0. The highest BCUT2D eigenvalue weighted by Gasteiger charge is 2.13. The highest BCUT2D eigenvalue weighted by atomic mass is 32.2. The summed E-state index contributed by atoms with van der Waals surface area (Å²) in [7, 11) is -1.89. The van der Waals surface area contributed by atoms with Gasteiger partial charge in [-0.3, -0.25) is 0 Å². The molecule has 0 aliphatic rings. The molecule has 0 aliphatic carbocycles. The first-order chi connectivity index (χ1) is 9.51. The largest absolute Gasteiger partial charge is 0.497 e. The Morgan fingerprint density at radius 2 is 1.80 bits per heavy atom. The lowest BCUT2D eigenvalue weighted by Gasteiger charge is -2.08. The number of rotatable bonds is 5. The maximum absolute atomic E-state index is 12.1. The molecule has 1 N–H and O–H groups in total. The Labute approximate surface area is 119 Å². The SMILES string of the molecule is COc1ccc(CNS(=O)(=O)c2cccc(C)c2)cc1. The number of hydrogen-bond acceptors (Lipinski definition) is 3. The van der Waals surface area contributed by atoms with E-state index in [4.69, 9.17) is 4.74 Å². The number of sulfonamides is 1. The summed E-state index contributed by atoms with van der Waals surface area (Å²) in [6.07, 6.45) is 0. The monoisotopic (exact) mass is 291 g/mol. The molecule has 0 unspecified atom stereocenters. The Morgan fingerprint density at radius 1 is 1.10 bits per heavy atom. The van der Waals surface area contributed by atoms with Gasteiger partial charge in [0.05, 0.1) is 12.0 Å². The van der Waals surface area contributed by atoms with E-state index in [2.05, 4.69) is 4.72 Å². The van der Waals surface area contributed by atoms with Gasteiger partial charge < -0.3 is 4.74 Å². The van der Waals surface area contributed by atoms with Gasteiger partial charge >= 0.3 is 0 Å². The number of methoxy groups -OCH3 is 1. The maximum Gasteiger partial charge on any atom is 0.240 e. The third-order valence-electron chi connectivity index (χ3n) is 2.93. The Hall–Kier alpha value is -1.85. The molecule has 2 aromatic rings. The smallest absolute Gasteiger partial charge is 0.240 e. The number of ether oxygens (including phenoxy) is 1. The average Bonchev–Trinajstić information content (AvgIpc) is 2.46. The van der Waals surface area contributed by atoms with Crippen LogP contribution in [0.5, 0.6) is 5.75 Å². The molecule has 0 heterocycles. The number of benzene rings is 2.